The summed E-state index contributed by atoms with van der Waals surface area (Å²) < 4.78 is 5.01. The van der Waals surface area contributed by atoms with Crippen LogP contribution in [-0.4, -0.2) is 24.6 Å². The number of hydrogen-bond donors (Lipinski definition) is 0. The second-order valence-corrected chi connectivity index (χ2v) is 7.96. The number of ether oxygens (including phenoxy) is 1. The summed E-state index contributed by atoms with van der Waals surface area (Å²) in [5.74, 6) is -1.43. The molecule has 0 N–H and O–H groups in total. The van der Waals surface area contributed by atoms with Gasteiger partial charge in [-0.25, -0.2) is 0 Å². The molecule has 0 amide bonds. The molecule has 1 aliphatic carbocycles. The number of hydrogen-bond acceptors (Lipinski definition) is 4. The molecule has 1 aromatic carbocycles. The summed E-state index contributed by atoms with van der Waals surface area (Å²) in [6.07, 6.45) is 1.15. The highest BCUT2D eigenvalue weighted by atomic mass is 35.5. The van der Waals surface area contributed by atoms with E-state index in [0.717, 1.165) is 11.3 Å². The lowest BCUT2D eigenvalue weighted by Gasteiger charge is -2.39. The molecule has 2 atom stereocenters. The van der Waals surface area contributed by atoms with Crippen molar-refractivity contribution in [2.75, 3.05) is 7.11 Å². The molecular formula is C20H22ClNO3. The van der Waals surface area contributed by atoms with Crippen LogP contribution in [-0.2, 0) is 14.3 Å². The molecule has 0 bridgehead atoms. The van der Waals surface area contributed by atoms with E-state index in [-0.39, 0.29) is 11.2 Å². The Morgan fingerprint density at radius 1 is 1.28 bits per heavy atom. The maximum Gasteiger partial charge on any atom is 0.315 e. The van der Waals surface area contributed by atoms with Gasteiger partial charge in [0.15, 0.2) is 5.78 Å². The average Bonchev–Trinajstić information content (AvgIpc) is 2.52. The highest BCUT2D eigenvalue weighted by Gasteiger charge is 2.46. The summed E-state index contributed by atoms with van der Waals surface area (Å²) in [5.41, 5.74) is 2.70. The Kier molecular flexibility index (Phi) is 4.58. The number of halogens is 1. The molecule has 0 aromatic heterocycles. The number of benzene rings is 1. The van der Waals surface area contributed by atoms with Crippen LogP contribution < -0.4 is 0 Å². The lowest BCUT2D eigenvalue weighted by Crippen LogP contribution is -2.39. The van der Waals surface area contributed by atoms with Gasteiger partial charge < -0.3 is 4.74 Å². The molecule has 0 saturated carbocycles. The second kappa shape index (κ2) is 6.41. The van der Waals surface area contributed by atoms with Gasteiger partial charge in [0.25, 0.3) is 0 Å². The molecule has 2 aliphatic rings. The number of carbonyl (C=O) groups is 2. The number of ketones is 1. The molecule has 0 radical (unpaired) electrons. The molecule has 0 fully saturated rings. The van der Waals surface area contributed by atoms with Crippen molar-refractivity contribution in [3.8, 4) is 0 Å². The topological polar surface area (TPSA) is 55.7 Å². The Morgan fingerprint density at radius 3 is 2.60 bits per heavy atom. The molecule has 0 spiro atoms. The standard InChI is InChI=1S/C20H22ClNO3/c1-11-16(19(24)25-4)17(12-7-5-6-8-13(12)21)18-14(22-11)9-20(2,3)10-15(18)23/h5-8,16-17H,9-10H2,1-4H3. The molecule has 132 valence electrons. The van der Waals surface area contributed by atoms with Crippen LogP contribution in [0.25, 0.3) is 0 Å². The Labute approximate surface area is 152 Å². The zero-order chi connectivity index (χ0) is 18.4. The lowest BCUT2D eigenvalue weighted by atomic mass is 9.67. The number of Topliss-reactive ketones (excluding diaryl/α,β-unsaturated/α-hetero) is 1. The van der Waals surface area contributed by atoms with E-state index < -0.39 is 17.8 Å². The van der Waals surface area contributed by atoms with Crippen molar-refractivity contribution in [2.24, 2.45) is 16.3 Å². The van der Waals surface area contributed by atoms with E-state index >= 15 is 0 Å². The Bertz CT molecular complexity index is 807. The van der Waals surface area contributed by atoms with E-state index in [2.05, 4.69) is 18.8 Å². The van der Waals surface area contributed by atoms with Crippen molar-refractivity contribution < 1.29 is 14.3 Å². The quantitative estimate of drug-likeness (QED) is 0.738. The fourth-order valence-electron chi connectivity index (χ4n) is 3.94. The van der Waals surface area contributed by atoms with Crippen molar-refractivity contribution in [2.45, 2.75) is 39.5 Å². The number of aliphatic imine (C=N–C) groups is 1. The highest BCUT2D eigenvalue weighted by molar-refractivity contribution is 6.31. The van der Waals surface area contributed by atoms with E-state index in [9.17, 15) is 9.59 Å². The summed E-state index contributed by atoms with van der Waals surface area (Å²) in [5, 5.41) is 0.542. The Balaban J connectivity index is 2.23. The lowest BCUT2D eigenvalue weighted by molar-refractivity contribution is -0.143. The minimum absolute atomic E-state index is 0.0429. The number of carbonyl (C=O) groups excluding carboxylic acids is 2. The highest BCUT2D eigenvalue weighted by Crippen LogP contribution is 2.48. The fraction of sp³-hybridized carbons (Fsp3) is 0.450. The first-order valence-electron chi connectivity index (χ1n) is 8.39. The molecular weight excluding hydrogens is 338 g/mol. The van der Waals surface area contributed by atoms with Crippen molar-refractivity contribution in [1.29, 1.82) is 0 Å². The predicted molar refractivity (Wildman–Crippen MR) is 97.9 cm³/mol. The van der Waals surface area contributed by atoms with Crippen LogP contribution in [0.3, 0.4) is 0 Å². The zero-order valence-electron chi connectivity index (χ0n) is 14.9. The van der Waals surface area contributed by atoms with Gasteiger partial charge in [-0.2, -0.15) is 0 Å². The van der Waals surface area contributed by atoms with Gasteiger partial charge in [0.2, 0.25) is 0 Å². The van der Waals surface area contributed by atoms with E-state index in [4.69, 9.17) is 16.3 Å². The maximum atomic E-state index is 13.0. The van der Waals surface area contributed by atoms with Crippen LogP contribution in [0.2, 0.25) is 5.02 Å². The van der Waals surface area contributed by atoms with Crippen molar-refractivity contribution in [3.63, 3.8) is 0 Å². The number of esters is 1. The van der Waals surface area contributed by atoms with Gasteiger partial charge in [0.05, 0.1) is 7.11 Å². The Hall–Kier alpha value is -1.94. The molecule has 25 heavy (non-hydrogen) atoms. The van der Waals surface area contributed by atoms with Gasteiger partial charge in [0, 0.05) is 34.3 Å². The smallest absolute Gasteiger partial charge is 0.315 e. The van der Waals surface area contributed by atoms with Crippen LogP contribution in [0.1, 0.15) is 45.1 Å². The molecule has 1 aliphatic heterocycles. The van der Waals surface area contributed by atoms with Gasteiger partial charge in [-0.3, -0.25) is 14.6 Å². The molecule has 5 heteroatoms. The number of allylic oxidation sites excluding steroid dienone is 2. The SMILES string of the molecule is COC(=O)C1C(C)=NC2=C(C(=O)CC(C)(C)C2)C1c1ccccc1Cl. The third kappa shape index (κ3) is 3.15. The summed E-state index contributed by atoms with van der Waals surface area (Å²) in [7, 11) is 1.36. The summed E-state index contributed by atoms with van der Waals surface area (Å²) in [6.45, 7) is 5.95. The first-order chi connectivity index (χ1) is 11.7. The summed E-state index contributed by atoms with van der Waals surface area (Å²) in [4.78, 5) is 30.1. The summed E-state index contributed by atoms with van der Waals surface area (Å²) >= 11 is 6.43. The minimum atomic E-state index is -0.631. The van der Waals surface area contributed by atoms with Crippen LogP contribution in [0.4, 0.5) is 0 Å². The fourth-order valence-corrected chi connectivity index (χ4v) is 4.19. The first-order valence-corrected chi connectivity index (χ1v) is 8.76. The molecule has 1 heterocycles. The van der Waals surface area contributed by atoms with Crippen LogP contribution >= 0.6 is 11.6 Å². The van der Waals surface area contributed by atoms with Crippen molar-refractivity contribution >= 4 is 29.1 Å². The molecule has 2 unspecified atom stereocenters. The first kappa shape index (κ1) is 17.9. The minimum Gasteiger partial charge on any atom is -0.468 e. The van der Waals surface area contributed by atoms with E-state index in [1.165, 1.54) is 7.11 Å². The van der Waals surface area contributed by atoms with Crippen molar-refractivity contribution in [1.82, 2.24) is 0 Å². The maximum absolute atomic E-state index is 13.0. The van der Waals surface area contributed by atoms with Gasteiger partial charge in [0.1, 0.15) is 5.92 Å². The molecule has 0 saturated heterocycles. The average molecular weight is 360 g/mol. The van der Waals surface area contributed by atoms with Crippen LogP contribution in [0.5, 0.6) is 0 Å². The third-order valence-corrected chi connectivity index (χ3v) is 5.34. The molecule has 4 nitrogen and oxygen atoms in total. The number of rotatable bonds is 2. The largest absolute Gasteiger partial charge is 0.468 e. The van der Waals surface area contributed by atoms with E-state index in [1.54, 1.807) is 6.07 Å². The monoisotopic (exact) mass is 359 g/mol. The van der Waals surface area contributed by atoms with Gasteiger partial charge in [-0.15, -0.1) is 0 Å². The second-order valence-electron chi connectivity index (χ2n) is 7.55. The summed E-state index contributed by atoms with van der Waals surface area (Å²) in [6, 6.07) is 7.36. The van der Waals surface area contributed by atoms with Gasteiger partial charge in [-0.05, 0) is 30.4 Å². The molecule has 1 aromatic rings. The van der Waals surface area contributed by atoms with Crippen molar-refractivity contribution in [3.05, 3.63) is 46.1 Å². The van der Waals surface area contributed by atoms with Gasteiger partial charge >= 0.3 is 5.97 Å². The van der Waals surface area contributed by atoms with Crippen LogP contribution in [0, 0.1) is 11.3 Å². The number of methoxy groups -OCH3 is 1. The Morgan fingerprint density at radius 2 is 1.96 bits per heavy atom. The van der Waals surface area contributed by atoms with E-state index in [0.29, 0.717) is 29.1 Å². The number of nitrogens with zero attached hydrogens (tertiary/aromatic N) is 1. The normalized spacial score (nSPS) is 25.3. The predicted octanol–water partition coefficient (Wildman–Crippen LogP) is 4.33. The molecule has 3 rings (SSSR count). The third-order valence-electron chi connectivity index (χ3n) is 5.00. The van der Waals surface area contributed by atoms with Gasteiger partial charge in [-0.1, -0.05) is 43.6 Å². The van der Waals surface area contributed by atoms with E-state index in [1.807, 2.05) is 25.1 Å². The zero-order valence-corrected chi connectivity index (χ0v) is 15.7. The van der Waals surface area contributed by atoms with Crippen LogP contribution in [0.15, 0.2) is 40.5 Å².